The molecule has 260 valence electrons. The van der Waals surface area contributed by atoms with Crippen molar-refractivity contribution in [2.75, 3.05) is 10.1 Å². The number of nitrogens with zero attached hydrogens (tertiary/aromatic N) is 4. The number of para-hydroxylation sites is 4. The Morgan fingerprint density at radius 3 is 1.91 bits per heavy atom. The van der Waals surface area contributed by atoms with Gasteiger partial charge in [0.1, 0.15) is 5.82 Å². The van der Waals surface area contributed by atoms with Gasteiger partial charge in [0.2, 0.25) is 0 Å². The molecule has 0 N–H and O–H groups in total. The number of hydrogen-bond donors (Lipinski definition) is 0. The van der Waals surface area contributed by atoms with E-state index in [1.165, 1.54) is 33.0 Å². The molecule has 0 saturated carbocycles. The Labute approximate surface area is 315 Å². The molecule has 0 radical (unpaired) electrons. The number of fused-ring (bicyclic) bond motifs is 4. The van der Waals surface area contributed by atoms with Crippen molar-refractivity contribution in [3.05, 3.63) is 169 Å². The Bertz CT molecular complexity index is 2580. The number of rotatable bonds is 8. The first-order chi connectivity index (χ1) is 25.9. The fourth-order valence-corrected chi connectivity index (χ4v) is 8.47. The summed E-state index contributed by atoms with van der Waals surface area (Å²) in [5.74, 6) is 1.72. The minimum atomic E-state index is 0.404. The van der Waals surface area contributed by atoms with Gasteiger partial charge in [-0.25, -0.2) is 4.98 Å². The van der Waals surface area contributed by atoms with Gasteiger partial charge < -0.3 is 0 Å². The zero-order valence-corrected chi connectivity index (χ0v) is 31.1. The molecular formula is C47H40N4OS. The molecule has 0 aliphatic carbocycles. The highest BCUT2D eigenvalue weighted by Gasteiger charge is 2.30. The van der Waals surface area contributed by atoms with E-state index in [1.54, 1.807) is 11.8 Å². The molecule has 1 aliphatic heterocycles. The van der Waals surface area contributed by atoms with E-state index in [0.29, 0.717) is 11.8 Å². The Kier molecular flexibility index (Phi) is 8.49. The molecule has 53 heavy (non-hydrogen) atoms. The summed E-state index contributed by atoms with van der Waals surface area (Å²) in [7, 11) is 0. The first-order valence-electron chi connectivity index (χ1n) is 18.3. The molecule has 0 bridgehead atoms. The van der Waals surface area contributed by atoms with Crippen LogP contribution in [0.4, 0.5) is 22.7 Å². The van der Waals surface area contributed by atoms with E-state index in [9.17, 15) is 0 Å². The second-order valence-electron chi connectivity index (χ2n) is 14.1. The predicted molar refractivity (Wildman–Crippen MR) is 221 cm³/mol. The first kappa shape index (κ1) is 33.0. The maximum Gasteiger partial charge on any atom is 0.138 e. The lowest BCUT2D eigenvalue weighted by molar-refractivity contribution is 0.156. The zero-order valence-electron chi connectivity index (χ0n) is 30.3. The third kappa shape index (κ3) is 5.94. The fourth-order valence-electron chi connectivity index (χ4n) is 7.56. The zero-order chi connectivity index (χ0) is 36.1. The SMILES string of the molecule is CC(C)c1cccc(C(C)C)c1-c1ccnc(-n2c3ccccc3c3ccc(Sc4cccc(N5ON(c6ccccc6)c6ccccc65)c4)cc32)c1. The highest BCUT2D eigenvalue weighted by atomic mass is 32.2. The molecule has 0 saturated heterocycles. The minimum Gasteiger partial charge on any atom is -0.294 e. The quantitative estimate of drug-likeness (QED) is 0.157. The third-order valence-corrected chi connectivity index (χ3v) is 11.0. The molecule has 3 heterocycles. The monoisotopic (exact) mass is 708 g/mol. The second-order valence-corrected chi connectivity index (χ2v) is 15.3. The van der Waals surface area contributed by atoms with E-state index in [4.69, 9.17) is 9.92 Å². The molecule has 0 fully saturated rings. The summed E-state index contributed by atoms with van der Waals surface area (Å²) in [6.07, 6.45) is 1.97. The van der Waals surface area contributed by atoms with Crippen LogP contribution in [0.3, 0.4) is 0 Å². The Morgan fingerprint density at radius 2 is 1.15 bits per heavy atom. The van der Waals surface area contributed by atoms with Crippen molar-refractivity contribution in [2.24, 2.45) is 0 Å². The average Bonchev–Trinajstić information content (AvgIpc) is 3.74. The van der Waals surface area contributed by atoms with Crippen LogP contribution in [0.25, 0.3) is 38.8 Å². The van der Waals surface area contributed by atoms with Crippen molar-refractivity contribution in [2.45, 2.75) is 49.3 Å². The summed E-state index contributed by atoms with van der Waals surface area (Å²) in [5, 5.41) is 6.22. The van der Waals surface area contributed by atoms with Gasteiger partial charge in [-0.2, -0.15) is 10.1 Å². The molecule has 9 rings (SSSR count). The maximum absolute atomic E-state index is 6.49. The van der Waals surface area contributed by atoms with Gasteiger partial charge in [0.15, 0.2) is 0 Å². The fraction of sp³-hybridized carbons (Fsp3) is 0.128. The van der Waals surface area contributed by atoms with E-state index in [0.717, 1.165) is 49.4 Å². The van der Waals surface area contributed by atoms with Gasteiger partial charge in [0, 0.05) is 26.8 Å². The van der Waals surface area contributed by atoms with Gasteiger partial charge in [0.05, 0.1) is 33.8 Å². The van der Waals surface area contributed by atoms with Gasteiger partial charge in [-0.15, -0.1) is 4.94 Å². The summed E-state index contributed by atoms with van der Waals surface area (Å²) in [5.41, 5.74) is 11.5. The van der Waals surface area contributed by atoms with Crippen molar-refractivity contribution in [3.8, 4) is 16.9 Å². The molecule has 0 amide bonds. The Morgan fingerprint density at radius 1 is 0.528 bits per heavy atom. The first-order valence-corrected chi connectivity index (χ1v) is 19.1. The van der Waals surface area contributed by atoms with Gasteiger partial charge in [-0.3, -0.25) is 4.57 Å². The lowest BCUT2D eigenvalue weighted by Crippen LogP contribution is -2.20. The van der Waals surface area contributed by atoms with E-state index in [1.807, 2.05) is 46.7 Å². The van der Waals surface area contributed by atoms with Crippen LogP contribution in [0.1, 0.15) is 50.7 Å². The van der Waals surface area contributed by atoms with Crippen molar-refractivity contribution >= 4 is 56.3 Å². The number of anilines is 4. The summed E-state index contributed by atoms with van der Waals surface area (Å²) >= 11 is 1.75. The van der Waals surface area contributed by atoms with E-state index >= 15 is 0 Å². The molecule has 8 aromatic rings. The molecule has 1 aliphatic rings. The third-order valence-electron chi connectivity index (χ3n) is 10.0. The summed E-state index contributed by atoms with van der Waals surface area (Å²) in [6, 6.07) is 53.7. The van der Waals surface area contributed by atoms with Crippen LogP contribution < -0.4 is 10.1 Å². The largest absolute Gasteiger partial charge is 0.294 e. The molecule has 6 aromatic carbocycles. The van der Waals surface area contributed by atoms with Gasteiger partial charge >= 0.3 is 0 Å². The Hall–Kier alpha value is -5.82. The maximum atomic E-state index is 6.49. The van der Waals surface area contributed by atoms with E-state index < -0.39 is 0 Å². The van der Waals surface area contributed by atoms with Crippen molar-refractivity contribution in [1.82, 2.24) is 9.55 Å². The number of pyridine rings is 1. The van der Waals surface area contributed by atoms with Crippen LogP contribution in [-0.4, -0.2) is 9.55 Å². The normalized spacial score (nSPS) is 12.8. The van der Waals surface area contributed by atoms with Gasteiger partial charge in [0.25, 0.3) is 0 Å². The van der Waals surface area contributed by atoms with Crippen LogP contribution in [0.5, 0.6) is 0 Å². The van der Waals surface area contributed by atoms with Gasteiger partial charge in [-0.1, -0.05) is 118 Å². The van der Waals surface area contributed by atoms with Crippen LogP contribution in [-0.2, 0) is 4.94 Å². The van der Waals surface area contributed by atoms with Crippen LogP contribution in [0.15, 0.2) is 168 Å². The van der Waals surface area contributed by atoms with E-state index in [-0.39, 0.29) is 0 Å². The minimum absolute atomic E-state index is 0.404. The highest BCUT2D eigenvalue weighted by Crippen LogP contribution is 2.46. The molecular weight excluding hydrogens is 669 g/mol. The lowest BCUT2D eigenvalue weighted by Gasteiger charge is -2.20. The molecule has 0 spiro atoms. The highest BCUT2D eigenvalue weighted by molar-refractivity contribution is 7.99. The smallest absolute Gasteiger partial charge is 0.138 e. The summed E-state index contributed by atoms with van der Waals surface area (Å²) in [4.78, 5) is 13.8. The molecule has 0 atom stereocenters. The van der Waals surface area contributed by atoms with Crippen molar-refractivity contribution in [3.63, 3.8) is 0 Å². The van der Waals surface area contributed by atoms with Crippen LogP contribution in [0, 0.1) is 0 Å². The standard InChI is InChI=1S/C47H40N4OS/c1-31(2)38-19-13-20-39(32(3)4)47(38)33-26-27-48-46(28-33)49-42-21-9-8-18-40(42)41-25-24-37(30-45(41)49)53-36-17-12-16-35(29-36)51-44-23-11-10-22-43(44)50(52-51)34-14-6-5-7-15-34/h5-32H,1-4H3. The van der Waals surface area contributed by atoms with Crippen LogP contribution >= 0.6 is 11.8 Å². The topological polar surface area (TPSA) is 33.5 Å². The van der Waals surface area contributed by atoms with Crippen molar-refractivity contribution < 1.29 is 4.94 Å². The van der Waals surface area contributed by atoms with Crippen LogP contribution in [0.2, 0.25) is 0 Å². The summed E-state index contributed by atoms with van der Waals surface area (Å²) in [6.45, 7) is 9.12. The molecule has 0 unspecified atom stereocenters. The number of benzene rings is 6. The lowest BCUT2D eigenvalue weighted by atomic mass is 9.85. The number of aromatic nitrogens is 2. The van der Waals surface area contributed by atoms with Crippen molar-refractivity contribution in [1.29, 1.82) is 0 Å². The average molecular weight is 709 g/mol. The molecule has 5 nitrogen and oxygen atoms in total. The molecule has 6 heteroatoms. The van der Waals surface area contributed by atoms with Gasteiger partial charge in [-0.05, 0) is 107 Å². The Balaban J connectivity index is 1.10. The number of hydrogen-bond acceptors (Lipinski definition) is 5. The van der Waals surface area contributed by atoms with E-state index in [2.05, 4.69) is 154 Å². The second kappa shape index (κ2) is 13.6. The summed E-state index contributed by atoms with van der Waals surface area (Å²) < 4.78 is 2.33. The molecule has 2 aromatic heterocycles. The predicted octanol–water partition coefficient (Wildman–Crippen LogP) is 13.4.